The van der Waals surface area contributed by atoms with Crippen LogP contribution < -0.4 is 5.56 Å². The van der Waals surface area contributed by atoms with Crippen LogP contribution in [0.2, 0.25) is 0 Å². The van der Waals surface area contributed by atoms with E-state index in [0.29, 0.717) is 16.6 Å². The highest BCUT2D eigenvalue weighted by Gasteiger charge is 2.17. The van der Waals surface area contributed by atoms with Gasteiger partial charge in [-0.1, -0.05) is 12.1 Å². The summed E-state index contributed by atoms with van der Waals surface area (Å²) in [6.45, 7) is 0. The van der Waals surface area contributed by atoms with Crippen LogP contribution in [-0.4, -0.2) is 15.3 Å². The number of fused-ring (bicyclic) bond motifs is 1. The van der Waals surface area contributed by atoms with Crippen LogP contribution in [0.25, 0.3) is 11.0 Å². The van der Waals surface area contributed by atoms with Gasteiger partial charge in [-0.15, -0.1) is 0 Å². The van der Waals surface area contributed by atoms with Crippen LogP contribution in [0.4, 0.5) is 0 Å². The van der Waals surface area contributed by atoms with Crippen molar-refractivity contribution in [2.24, 2.45) is 7.05 Å². The van der Waals surface area contributed by atoms with Gasteiger partial charge in [-0.2, -0.15) is 0 Å². The van der Waals surface area contributed by atoms with Crippen molar-refractivity contribution in [2.45, 2.75) is 0 Å². The second kappa shape index (κ2) is 5.40. The first-order valence-electron chi connectivity index (χ1n) is 6.34. The van der Waals surface area contributed by atoms with Crippen LogP contribution in [0.1, 0.15) is 16.1 Å². The molecule has 0 amide bonds. The molecule has 0 saturated carbocycles. The normalized spacial score (nSPS) is 10.8. The largest absolute Gasteiger partial charge is 0.308 e. The van der Waals surface area contributed by atoms with Crippen LogP contribution in [0.15, 0.2) is 53.3 Å². The Morgan fingerprint density at radius 1 is 1.10 bits per heavy atom. The van der Waals surface area contributed by atoms with E-state index in [0.717, 1.165) is 3.57 Å². The third-order valence-corrected chi connectivity index (χ3v) is 4.02. The van der Waals surface area contributed by atoms with Gasteiger partial charge in [0.05, 0.1) is 11.0 Å². The predicted molar refractivity (Wildman–Crippen MR) is 89.6 cm³/mol. The number of carbonyl (C=O) groups is 1. The average Bonchev–Trinajstić information content (AvgIpc) is 2.51. The third-order valence-electron chi connectivity index (χ3n) is 3.30. The van der Waals surface area contributed by atoms with Gasteiger partial charge in [0.1, 0.15) is 0 Å². The number of halogens is 1. The smallest absolute Gasteiger partial charge is 0.280 e. The second-order valence-electron chi connectivity index (χ2n) is 4.65. The summed E-state index contributed by atoms with van der Waals surface area (Å²) in [4.78, 5) is 29.1. The molecule has 0 aliphatic rings. The standard InChI is InChI=1S/C16H11IN2O2/c1-19-13-5-3-2-4-12(13)18-14(16(19)21)15(20)10-6-8-11(17)9-7-10/h2-9H,1H3. The fraction of sp³-hybridized carbons (Fsp3) is 0.0625. The minimum atomic E-state index is -0.378. The first kappa shape index (κ1) is 13.9. The van der Waals surface area contributed by atoms with E-state index in [1.165, 1.54) is 4.57 Å². The molecule has 21 heavy (non-hydrogen) atoms. The second-order valence-corrected chi connectivity index (χ2v) is 5.89. The van der Waals surface area contributed by atoms with Crippen molar-refractivity contribution < 1.29 is 4.79 Å². The topological polar surface area (TPSA) is 52.0 Å². The summed E-state index contributed by atoms with van der Waals surface area (Å²) >= 11 is 2.17. The highest BCUT2D eigenvalue weighted by Crippen LogP contribution is 2.12. The number of para-hydroxylation sites is 2. The molecule has 0 aliphatic heterocycles. The Labute approximate surface area is 134 Å². The minimum Gasteiger partial charge on any atom is -0.308 e. The summed E-state index contributed by atoms with van der Waals surface area (Å²) in [5.41, 5.74) is 1.39. The zero-order valence-electron chi connectivity index (χ0n) is 11.2. The van der Waals surface area contributed by atoms with Crippen LogP contribution in [0.5, 0.6) is 0 Å². The van der Waals surface area contributed by atoms with Gasteiger partial charge < -0.3 is 4.57 Å². The Hall–Kier alpha value is -2.02. The van der Waals surface area contributed by atoms with Gasteiger partial charge in [-0.3, -0.25) is 9.59 Å². The summed E-state index contributed by atoms with van der Waals surface area (Å²) in [6, 6.07) is 14.4. The molecular weight excluding hydrogens is 379 g/mol. The zero-order valence-corrected chi connectivity index (χ0v) is 13.4. The molecule has 0 unspecified atom stereocenters. The molecule has 0 N–H and O–H groups in total. The highest BCUT2D eigenvalue weighted by molar-refractivity contribution is 14.1. The lowest BCUT2D eigenvalue weighted by Gasteiger charge is -2.07. The summed E-state index contributed by atoms with van der Waals surface area (Å²) in [5, 5.41) is 0. The fourth-order valence-corrected chi connectivity index (χ4v) is 2.52. The Morgan fingerprint density at radius 3 is 2.48 bits per heavy atom. The lowest BCUT2D eigenvalue weighted by molar-refractivity contribution is 0.103. The van der Waals surface area contributed by atoms with E-state index in [1.807, 2.05) is 30.3 Å². The van der Waals surface area contributed by atoms with Crippen molar-refractivity contribution in [3.8, 4) is 0 Å². The molecule has 0 spiro atoms. The lowest BCUT2D eigenvalue weighted by atomic mass is 10.1. The molecule has 3 aromatic rings. The predicted octanol–water partition coefficient (Wildman–Crippen LogP) is 2.77. The van der Waals surface area contributed by atoms with Crippen LogP contribution in [0, 0.1) is 3.57 Å². The Balaban J connectivity index is 2.20. The molecule has 5 heteroatoms. The molecule has 0 radical (unpaired) electrons. The number of nitrogens with zero attached hydrogens (tertiary/aromatic N) is 2. The summed E-state index contributed by atoms with van der Waals surface area (Å²) in [6.07, 6.45) is 0. The van der Waals surface area contributed by atoms with Gasteiger partial charge in [-0.25, -0.2) is 4.98 Å². The number of aryl methyl sites for hydroxylation is 1. The van der Waals surface area contributed by atoms with Crippen LogP contribution in [-0.2, 0) is 7.05 Å². The molecule has 0 aliphatic carbocycles. The van der Waals surface area contributed by atoms with Gasteiger partial charge in [0.25, 0.3) is 5.56 Å². The summed E-state index contributed by atoms with van der Waals surface area (Å²) in [5.74, 6) is -0.349. The average molecular weight is 390 g/mol. The van der Waals surface area contributed by atoms with E-state index in [4.69, 9.17) is 0 Å². The Morgan fingerprint density at radius 2 is 1.76 bits per heavy atom. The van der Waals surface area contributed by atoms with Gasteiger partial charge in [-0.05, 0) is 59.0 Å². The lowest BCUT2D eigenvalue weighted by Crippen LogP contribution is -2.27. The maximum atomic E-state index is 12.5. The SMILES string of the molecule is Cn1c(=O)c(C(=O)c2ccc(I)cc2)nc2ccccc21. The van der Waals surface area contributed by atoms with Crippen LogP contribution >= 0.6 is 22.6 Å². The van der Waals surface area contributed by atoms with Crippen molar-refractivity contribution in [1.82, 2.24) is 9.55 Å². The number of hydrogen-bond donors (Lipinski definition) is 0. The molecule has 104 valence electrons. The Kier molecular flexibility index (Phi) is 3.59. The zero-order chi connectivity index (χ0) is 15.0. The van der Waals surface area contributed by atoms with Gasteiger partial charge in [0.2, 0.25) is 5.78 Å². The molecule has 0 saturated heterocycles. The molecule has 0 atom stereocenters. The maximum absolute atomic E-state index is 12.5. The summed E-state index contributed by atoms with van der Waals surface area (Å²) in [7, 11) is 1.65. The number of hydrogen-bond acceptors (Lipinski definition) is 3. The monoisotopic (exact) mass is 390 g/mol. The molecule has 1 heterocycles. The minimum absolute atomic E-state index is 0.0441. The number of ketones is 1. The van der Waals surface area contributed by atoms with Crippen molar-refractivity contribution in [3.63, 3.8) is 0 Å². The van der Waals surface area contributed by atoms with Gasteiger partial charge in [0.15, 0.2) is 5.69 Å². The molecule has 2 aromatic carbocycles. The molecule has 0 bridgehead atoms. The van der Waals surface area contributed by atoms with E-state index in [-0.39, 0.29) is 17.0 Å². The van der Waals surface area contributed by atoms with E-state index in [2.05, 4.69) is 27.6 Å². The highest BCUT2D eigenvalue weighted by atomic mass is 127. The van der Waals surface area contributed by atoms with Gasteiger partial charge in [0, 0.05) is 16.2 Å². The first-order valence-corrected chi connectivity index (χ1v) is 7.42. The summed E-state index contributed by atoms with van der Waals surface area (Å²) < 4.78 is 2.49. The van der Waals surface area contributed by atoms with E-state index >= 15 is 0 Å². The third kappa shape index (κ3) is 2.49. The van der Waals surface area contributed by atoms with Gasteiger partial charge >= 0.3 is 0 Å². The van der Waals surface area contributed by atoms with Crippen molar-refractivity contribution in [1.29, 1.82) is 0 Å². The molecular formula is C16H11IN2O2. The Bertz CT molecular complexity index is 898. The molecule has 3 rings (SSSR count). The van der Waals surface area contributed by atoms with Crippen LogP contribution in [0.3, 0.4) is 0 Å². The maximum Gasteiger partial charge on any atom is 0.280 e. The first-order chi connectivity index (χ1) is 10.1. The van der Waals surface area contributed by atoms with Crippen molar-refractivity contribution in [3.05, 3.63) is 73.7 Å². The van der Waals surface area contributed by atoms with E-state index < -0.39 is 0 Å². The fourth-order valence-electron chi connectivity index (χ4n) is 2.16. The number of rotatable bonds is 2. The molecule has 4 nitrogen and oxygen atoms in total. The quantitative estimate of drug-likeness (QED) is 0.500. The number of aromatic nitrogens is 2. The number of benzene rings is 2. The molecule has 0 fully saturated rings. The van der Waals surface area contributed by atoms with Crippen molar-refractivity contribution >= 4 is 39.4 Å². The van der Waals surface area contributed by atoms with E-state index in [1.54, 1.807) is 25.2 Å². The van der Waals surface area contributed by atoms with E-state index in [9.17, 15) is 9.59 Å². The van der Waals surface area contributed by atoms with Crippen molar-refractivity contribution in [2.75, 3.05) is 0 Å². The molecule has 1 aromatic heterocycles. The number of carbonyl (C=O) groups excluding carboxylic acids is 1.